The van der Waals surface area contributed by atoms with Gasteiger partial charge in [0.1, 0.15) is 5.82 Å². The molecule has 0 saturated heterocycles. The first-order chi connectivity index (χ1) is 10.0. The second-order valence-corrected chi connectivity index (χ2v) is 6.70. The van der Waals surface area contributed by atoms with Crippen molar-refractivity contribution in [3.8, 4) is 0 Å². The van der Waals surface area contributed by atoms with Gasteiger partial charge in [-0.1, -0.05) is 25.8 Å². The highest BCUT2D eigenvalue weighted by atomic mass is 19.1. The molecule has 1 atom stereocenters. The van der Waals surface area contributed by atoms with Crippen LogP contribution in [0.3, 0.4) is 0 Å². The van der Waals surface area contributed by atoms with E-state index in [4.69, 9.17) is 5.73 Å². The van der Waals surface area contributed by atoms with Crippen molar-refractivity contribution in [2.24, 2.45) is 17.1 Å². The van der Waals surface area contributed by atoms with Gasteiger partial charge in [0.2, 0.25) is 0 Å². The summed E-state index contributed by atoms with van der Waals surface area (Å²) < 4.78 is 13.3. The molecule has 1 aromatic rings. The van der Waals surface area contributed by atoms with E-state index in [0.717, 1.165) is 42.7 Å². The number of rotatable bonds is 5. The van der Waals surface area contributed by atoms with E-state index >= 15 is 0 Å². The number of aliphatic hydroxyl groups is 1. The summed E-state index contributed by atoms with van der Waals surface area (Å²) in [4.78, 5) is 0. The monoisotopic (exact) mass is 293 g/mol. The molecule has 21 heavy (non-hydrogen) atoms. The molecule has 2 rings (SSSR count). The smallest absolute Gasteiger partial charge is 0.123 e. The zero-order valence-corrected chi connectivity index (χ0v) is 13.2. The summed E-state index contributed by atoms with van der Waals surface area (Å²) in [5, 5.41) is 10.9. The van der Waals surface area contributed by atoms with Crippen LogP contribution in [0.4, 0.5) is 4.39 Å². The molecule has 1 aromatic carbocycles. The lowest BCUT2D eigenvalue weighted by atomic mass is 9.65. The number of aliphatic hydroxyl groups excluding tert-OH is 1. The van der Waals surface area contributed by atoms with E-state index in [0.29, 0.717) is 6.54 Å². The average Bonchev–Trinajstić information content (AvgIpc) is 2.48. The highest BCUT2D eigenvalue weighted by molar-refractivity contribution is 5.30. The highest BCUT2D eigenvalue weighted by Crippen LogP contribution is 2.48. The van der Waals surface area contributed by atoms with Crippen molar-refractivity contribution >= 4 is 0 Å². The fourth-order valence-electron chi connectivity index (χ4n) is 3.81. The third-order valence-corrected chi connectivity index (χ3v) is 5.31. The van der Waals surface area contributed by atoms with Crippen molar-refractivity contribution in [1.82, 2.24) is 0 Å². The number of nitrogens with two attached hydrogens (primary N) is 1. The highest BCUT2D eigenvalue weighted by Gasteiger charge is 2.41. The van der Waals surface area contributed by atoms with E-state index in [9.17, 15) is 9.50 Å². The molecule has 3 heteroatoms. The third-order valence-electron chi connectivity index (χ3n) is 5.31. The lowest BCUT2D eigenvalue weighted by Gasteiger charge is -2.43. The van der Waals surface area contributed by atoms with Crippen molar-refractivity contribution < 1.29 is 9.50 Å². The van der Waals surface area contributed by atoms with Gasteiger partial charge in [-0.05, 0) is 61.8 Å². The largest absolute Gasteiger partial charge is 0.388 e. The lowest BCUT2D eigenvalue weighted by Crippen LogP contribution is -2.40. The van der Waals surface area contributed by atoms with Gasteiger partial charge < -0.3 is 10.8 Å². The molecule has 3 N–H and O–H groups in total. The molecule has 1 aliphatic rings. The maximum Gasteiger partial charge on any atom is 0.123 e. The summed E-state index contributed by atoms with van der Waals surface area (Å²) in [6.07, 6.45) is 6.11. The first-order valence-corrected chi connectivity index (χ1v) is 8.16. The van der Waals surface area contributed by atoms with Crippen LogP contribution in [0.2, 0.25) is 0 Å². The Morgan fingerprint density at radius 1 is 1.38 bits per heavy atom. The van der Waals surface area contributed by atoms with Crippen LogP contribution in [0, 0.1) is 24.1 Å². The van der Waals surface area contributed by atoms with E-state index in [1.165, 1.54) is 25.0 Å². The zero-order valence-electron chi connectivity index (χ0n) is 13.2. The topological polar surface area (TPSA) is 46.2 Å². The minimum atomic E-state index is -0.592. The molecule has 0 radical (unpaired) electrons. The Morgan fingerprint density at radius 3 is 2.57 bits per heavy atom. The van der Waals surface area contributed by atoms with Gasteiger partial charge in [-0.25, -0.2) is 4.39 Å². The summed E-state index contributed by atoms with van der Waals surface area (Å²) in [6.45, 7) is 4.57. The van der Waals surface area contributed by atoms with Crippen LogP contribution in [-0.4, -0.2) is 11.7 Å². The van der Waals surface area contributed by atoms with E-state index in [-0.39, 0.29) is 11.2 Å². The van der Waals surface area contributed by atoms with Crippen molar-refractivity contribution in [2.45, 2.75) is 58.5 Å². The molecule has 0 bridgehead atoms. The Morgan fingerprint density at radius 2 is 2.05 bits per heavy atom. The van der Waals surface area contributed by atoms with Gasteiger partial charge in [-0.2, -0.15) is 0 Å². The lowest BCUT2D eigenvalue weighted by molar-refractivity contribution is -0.0112. The average molecular weight is 293 g/mol. The van der Waals surface area contributed by atoms with Gasteiger partial charge in [0.15, 0.2) is 0 Å². The molecule has 0 amide bonds. The maximum atomic E-state index is 13.3. The Hall–Kier alpha value is -0.930. The Kier molecular flexibility index (Phi) is 5.39. The summed E-state index contributed by atoms with van der Waals surface area (Å²) in [7, 11) is 0. The van der Waals surface area contributed by atoms with Crippen molar-refractivity contribution in [1.29, 1.82) is 0 Å². The number of benzene rings is 1. The molecule has 0 aliphatic heterocycles. The maximum absolute atomic E-state index is 13.3. The molecule has 0 spiro atoms. The molecule has 1 saturated carbocycles. The van der Waals surface area contributed by atoms with Gasteiger partial charge in [-0.3, -0.25) is 0 Å². The molecular weight excluding hydrogens is 265 g/mol. The minimum absolute atomic E-state index is 0.243. The fourth-order valence-corrected chi connectivity index (χ4v) is 3.81. The zero-order chi connectivity index (χ0) is 15.5. The van der Waals surface area contributed by atoms with Gasteiger partial charge in [0.05, 0.1) is 6.10 Å². The summed E-state index contributed by atoms with van der Waals surface area (Å²) in [6, 6.07) is 4.63. The van der Waals surface area contributed by atoms with Gasteiger partial charge >= 0.3 is 0 Å². The number of halogens is 1. The van der Waals surface area contributed by atoms with E-state index in [1.807, 2.05) is 6.92 Å². The van der Waals surface area contributed by atoms with E-state index < -0.39 is 6.10 Å². The normalized spacial score (nSPS) is 27.6. The summed E-state index contributed by atoms with van der Waals surface area (Å²) in [5.74, 6) is 0.521. The second kappa shape index (κ2) is 6.89. The second-order valence-electron chi connectivity index (χ2n) is 6.70. The van der Waals surface area contributed by atoms with Crippen molar-refractivity contribution in [3.63, 3.8) is 0 Å². The van der Waals surface area contributed by atoms with Gasteiger partial charge in [-0.15, -0.1) is 0 Å². The quantitative estimate of drug-likeness (QED) is 0.858. The number of hydrogen-bond acceptors (Lipinski definition) is 2. The molecule has 0 heterocycles. The number of aryl methyl sites for hydroxylation is 1. The van der Waals surface area contributed by atoms with Crippen molar-refractivity contribution in [2.75, 3.05) is 6.54 Å². The number of hydrogen-bond donors (Lipinski definition) is 2. The van der Waals surface area contributed by atoms with Crippen LogP contribution < -0.4 is 5.73 Å². The Balaban J connectivity index is 2.17. The van der Waals surface area contributed by atoms with Crippen LogP contribution in [0.15, 0.2) is 18.2 Å². The third kappa shape index (κ3) is 3.46. The molecule has 0 aromatic heterocycles. The summed E-state index contributed by atoms with van der Waals surface area (Å²) >= 11 is 0. The predicted molar refractivity (Wildman–Crippen MR) is 84.5 cm³/mol. The molecule has 2 nitrogen and oxygen atoms in total. The Labute approximate surface area is 127 Å². The van der Waals surface area contributed by atoms with Crippen LogP contribution >= 0.6 is 0 Å². The van der Waals surface area contributed by atoms with Crippen LogP contribution in [0.5, 0.6) is 0 Å². The molecule has 1 aliphatic carbocycles. The molecule has 1 fully saturated rings. The standard InChI is InChI=1S/C18H28FNO/c1-3-4-14-7-9-18(12-20,10-8-14)17(21)16-6-5-15(19)11-13(16)2/h5-6,11,14,17,21H,3-4,7-10,12,20H2,1-2H3. The Bertz CT molecular complexity index is 466. The minimum Gasteiger partial charge on any atom is -0.388 e. The van der Waals surface area contributed by atoms with E-state index in [2.05, 4.69) is 6.92 Å². The SMILES string of the molecule is CCCC1CCC(CN)(C(O)c2ccc(F)cc2C)CC1. The van der Waals surface area contributed by atoms with Gasteiger partial charge in [0, 0.05) is 12.0 Å². The molecule has 118 valence electrons. The van der Waals surface area contributed by atoms with Crippen LogP contribution in [-0.2, 0) is 0 Å². The van der Waals surface area contributed by atoms with Crippen LogP contribution in [0.1, 0.15) is 62.7 Å². The fraction of sp³-hybridized carbons (Fsp3) is 0.667. The molecule has 1 unspecified atom stereocenters. The first kappa shape index (κ1) is 16.4. The molecular formula is C18H28FNO. The van der Waals surface area contributed by atoms with Crippen molar-refractivity contribution in [3.05, 3.63) is 35.1 Å². The summed E-state index contributed by atoms with van der Waals surface area (Å²) in [5.41, 5.74) is 7.44. The van der Waals surface area contributed by atoms with Gasteiger partial charge in [0.25, 0.3) is 0 Å². The first-order valence-electron chi connectivity index (χ1n) is 8.16. The van der Waals surface area contributed by atoms with E-state index in [1.54, 1.807) is 6.07 Å². The van der Waals surface area contributed by atoms with Crippen LogP contribution in [0.25, 0.3) is 0 Å². The predicted octanol–water partition coefficient (Wildman–Crippen LogP) is 4.10.